The van der Waals surface area contributed by atoms with Gasteiger partial charge in [-0.25, -0.2) is 4.98 Å². The Bertz CT molecular complexity index is 299. The highest BCUT2D eigenvalue weighted by Gasteiger charge is 2.11. The zero-order chi connectivity index (χ0) is 12.0. The van der Waals surface area contributed by atoms with E-state index in [1.54, 1.807) is 11.3 Å². The van der Waals surface area contributed by atoms with Crippen molar-refractivity contribution < 1.29 is 0 Å². The number of hydrogen-bond acceptors (Lipinski definition) is 4. The molecule has 16 heavy (non-hydrogen) atoms. The number of aryl methyl sites for hydroxylation is 1. The number of nitrogens with one attached hydrogen (secondary N) is 1. The predicted molar refractivity (Wildman–Crippen MR) is 74.5 cm³/mol. The van der Waals surface area contributed by atoms with Gasteiger partial charge in [0, 0.05) is 22.4 Å². The lowest BCUT2D eigenvalue weighted by molar-refractivity contribution is 0.513. The minimum Gasteiger partial charge on any atom is -0.314 e. The van der Waals surface area contributed by atoms with Gasteiger partial charge in [0.2, 0.25) is 0 Å². The lowest BCUT2D eigenvalue weighted by atomic mass is 10.2. The van der Waals surface area contributed by atoms with Gasteiger partial charge in [0.05, 0.1) is 0 Å². The maximum absolute atomic E-state index is 4.48. The quantitative estimate of drug-likeness (QED) is 0.755. The fourth-order valence-electron chi connectivity index (χ4n) is 1.58. The molecule has 2 atom stereocenters. The van der Waals surface area contributed by atoms with Crippen LogP contribution in [0.2, 0.25) is 0 Å². The van der Waals surface area contributed by atoms with E-state index < -0.39 is 0 Å². The van der Waals surface area contributed by atoms with E-state index in [1.165, 1.54) is 17.2 Å². The third-order valence-corrected chi connectivity index (χ3v) is 4.55. The summed E-state index contributed by atoms with van der Waals surface area (Å²) in [6.45, 7) is 9.92. The molecule has 0 saturated heterocycles. The largest absolute Gasteiger partial charge is 0.314 e. The second-order valence-electron chi connectivity index (χ2n) is 4.27. The number of aromatic nitrogens is 1. The first-order valence-corrected chi connectivity index (χ1v) is 7.70. The van der Waals surface area contributed by atoms with E-state index in [2.05, 4.69) is 43.4 Å². The van der Waals surface area contributed by atoms with Crippen LogP contribution in [0.5, 0.6) is 0 Å². The monoisotopic (exact) mass is 258 g/mol. The Morgan fingerprint density at radius 2 is 2.25 bits per heavy atom. The standard InChI is InChI=1S/C12H22N2S2/c1-5-6-13-9(2)7-11(4)16-12-14-10(3)8-15-12/h8-9,11,13H,5-7H2,1-4H3. The molecule has 4 heteroatoms. The van der Waals surface area contributed by atoms with Crippen molar-refractivity contribution in [2.75, 3.05) is 6.54 Å². The highest BCUT2D eigenvalue weighted by molar-refractivity contribution is 8.01. The van der Waals surface area contributed by atoms with E-state index in [-0.39, 0.29) is 0 Å². The van der Waals surface area contributed by atoms with Crippen LogP contribution in [-0.4, -0.2) is 22.8 Å². The minimum absolute atomic E-state index is 0.600. The summed E-state index contributed by atoms with van der Waals surface area (Å²) >= 11 is 3.65. The smallest absolute Gasteiger partial charge is 0.150 e. The molecule has 1 aromatic heterocycles. The predicted octanol–water partition coefficient (Wildman–Crippen LogP) is 3.71. The highest BCUT2D eigenvalue weighted by atomic mass is 32.2. The van der Waals surface area contributed by atoms with Gasteiger partial charge in [0.15, 0.2) is 0 Å². The molecule has 0 aliphatic heterocycles. The van der Waals surface area contributed by atoms with Gasteiger partial charge in [-0.3, -0.25) is 0 Å². The second kappa shape index (κ2) is 7.30. The van der Waals surface area contributed by atoms with Crippen molar-refractivity contribution in [1.29, 1.82) is 0 Å². The van der Waals surface area contributed by atoms with Crippen LogP contribution in [-0.2, 0) is 0 Å². The van der Waals surface area contributed by atoms with Crippen molar-refractivity contribution in [2.45, 2.75) is 56.2 Å². The topological polar surface area (TPSA) is 24.9 Å². The van der Waals surface area contributed by atoms with Gasteiger partial charge in [0.1, 0.15) is 4.34 Å². The van der Waals surface area contributed by atoms with E-state index >= 15 is 0 Å². The number of hydrogen-bond donors (Lipinski definition) is 1. The van der Waals surface area contributed by atoms with Crippen molar-refractivity contribution in [3.05, 3.63) is 11.1 Å². The summed E-state index contributed by atoms with van der Waals surface area (Å²) in [7, 11) is 0. The van der Waals surface area contributed by atoms with Gasteiger partial charge in [-0.1, -0.05) is 25.6 Å². The van der Waals surface area contributed by atoms with Crippen LogP contribution in [0.1, 0.15) is 39.3 Å². The third kappa shape index (κ3) is 5.32. The average Bonchev–Trinajstić information content (AvgIpc) is 2.60. The van der Waals surface area contributed by atoms with Crippen LogP contribution in [0, 0.1) is 6.92 Å². The van der Waals surface area contributed by atoms with Crippen molar-refractivity contribution in [2.24, 2.45) is 0 Å². The van der Waals surface area contributed by atoms with Gasteiger partial charge in [-0.2, -0.15) is 0 Å². The zero-order valence-corrected chi connectivity index (χ0v) is 12.3. The molecule has 0 aliphatic rings. The van der Waals surface area contributed by atoms with Crippen molar-refractivity contribution in [1.82, 2.24) is 10.3 Å². The number of thiazole rings is 1. The summed E-state index contributed by atoms with van der Waals surface area (Å²) in [6, 6.07) is 0.600. The molecule has 0 spiro atoms. The summed E-state index contributed by atoms with van der Waals surface area (Å²) in [5.41, 5.74) is 1.14. The van der Waals surface area contributed by atoms with E-state index in [4.69, 9.17) is 0 Å². The summed E-state index contributed by atoms with van der Waals surface area (Å²) in [5.74, 6) is 0. The SMILES string of the molecule is CCCNC(C)CC(C)Sc1nc(C)cs1. The first kappa shape index (κ1) is 14.0. The minimum atomic E-state index is 0.600. The molecule has 2 unspecified atom stereocenters. The van der Waals surface area contributed by atoms with Crippen LogP contribution in [0.15, 0.2) is 9.72 Å². The van der Waals surface area contributed by atoms with Crippen LogP contribution in [0.3, 0.4) is 0 Å². The average molecular weight is 258 g/mol. The number of thioether (sulfide) groups is 1. The fourth-order valence-corrected chi connectivity index (χ4v) is 3.88. The Morgan fingerprint density at radius 1 is 1.50 bits per heavy atom. The molecule has 2 nitrogen and oxygen atoms in total. The second-order valence-corrected chi connectivity index (χ2v) is 6.82. The Morgan fingerprint density at radius 3 is 2.81 bits per heavy atom. The summed E-state index contributed by atoms with van der Waals surface area (Å²) in [4.78, 5) is 4.48. The first-order valence-electron chi connectivity index (χ1n) is 5.94. The molecule has 1 N–H and O–H groups in total. The molecule has 92 valence electrons. The molecule has 0 fully saturated rings. The van der Waals surface area contributed by atoms with E-state index in [0.29, 0.717) is 11.3 Å². The fraction of sp³-hybridized carbons (Fsp3) is 0.750. The third-order valence-electron chi connectivity index (χ3n) is 2.33. The molecule has 0 aliphatic carbocycles. The Kier molecular flexibility index (Phi) is 6.39. The normalized spacial score (nSPS) is 15.0. The summed E-state index contributed by atoms with van der Waals surface area (Å²) < 4.78 is 1.20. The Labute approximate surface area is 107 Å². The highest BCUT2D eigenvalue weighted by Crippen LogP contribution is 2.28. The number of rotatable bonds is 7. The van der Waals surface area contributed by atoms with E-state index in [1.807, 2.05) is 11.8 Å². The van der Waals surface area contributed by atoms with E-state index in [0.717, 1.165) is 12.2 Å². The van der Waals surface area contributed by atoms with Crippen molar-refractivity contribution >= 4 is 23.1 Å². The van der Waals surface area contributed by atoms with Gasteiger partial charge in [0.25, 0.3) is 0 Å². The molecular weight excluding hydrogens is 236 g/mol. The van der Waals surface area contributed by atoms with E-state index in [9.17, 15) is 0 Å². The lowest BCUT2D eigenvalue weighted by Crippen LogP contribution is -2.29. The van der Waals surface area contributed by atoms with Gasteiger partial charge in [-0.05, 0) is 33.2 Å². The molecule has 0 saturated carbocycles. The van der Waals surface area contributed by atoms with Crippen molar-refractivity contribution in [3.63, 3.8) is 0 Å². The Balaban J connectivity index is 2.27. The Hall–Kier alpha value is -0.0600. The maximum Gasteiger partial charge on any atom is 0.150 e. The summed E-state index contributed by atoms with van der Waals surface area (Å²) in [5, 5.41) is 6.27. The molecule has 0 aromatic carbocycles. The van der Waals surface area contributed by atoms with Gasteiger partial charge < -0.3 is 5.32 Å². The van der Waals surface area contributed by atoms with Crippen LogP contribution in [0.25, 0.3) is 0 Å². The number of nitrogens with zero attached hydrogens (tertiary/aromatic N) is 1. The lowest BCUT2D eigenvalue weighted by Gasteiger charge is -2.17. The molecule has 0 bridgehead atoms. The molecule has 0 radical (unpaired) electrons. The first-order chi connectivity index (χ1) is 7.61. The van der Waals surface area contributed by atoms with Gasteiger partial charge in [-0.15, -0.1) is 11.3 Å². The molecular formula is C12H22N2S2. The van der Waals surface area contributed by atoms with Crippen LogP contribution >= 0.6 is 23.1 Å². The molecule has 1 heterocycles. The molecule has 1 rings (SSSR count). The maximum atomic E-state index is 4.48. The van der Waals surface area contributed by atoms with Crippen molar-refractivity contribution in [3.8, 4) is 0 Å². The molecule has 0 amide bonds. The van der Waals surface area contributed by atoms with Crippen LogP contribution < -0.4 is 5.32 Å². The molecule has 1 aromatic rings. The van der Waals surface area contributed by atoms with Crippen LogP contribution in [0.4, 0.5) is 0 Å². The summed E-state index contributed by atoms with van der Waals surface area (Å²) in [6.07, 6.45) is 2.40. The zero-order valence-electron chi connectivity index (χ0n) is 10.6. The van der Waals surface area contributed by atoms with Gasteiger partial charge >= 0.3 is 0 Å².